The number of halogens is 3. The van der Waals surface area contributed by atoms with E-state index in [1.54, 1.807) is 24.3 Å². The van der Waals surface area contributed by atoms with Crippen molar-refractivity contribution in [1.82, 2.24) is 5.06 Å². The van der Waals surface area contributed by atoms with Crippen LogP contribution in [0.25, 0.3) is 0 Å². The van der Waals surface area contributed by atoms with Crippen molar-refractivity contribution in [2.45, 2.75) is 50.3 Å². The van der Waals surface area contributed by atoms with Gasteiger partial charge in [-0.1, -0.05) is 91.0 Å². The van der Waals surface area contributed by atoms with E-state index in [1.165, 1.54) is 0 Å². The standard InChI is InChI=1S/C27H28F3NO4/c28-27(29,30)26-25(35-18-22-14-8-3-9-15-22)24(34-17-21-12-6-2-7-13-21)23(31(26)32)19-33-16-20-10-4-1-5-11-20/h1-15,23-26,32H,16-19H2/t23-,24-,25+,26+/m0/s1. The number of hydrogen-bond donors (Lipinski definition) is 1. The van der Waals surface area contributed by atoms with Crippen LogP contribution in [0.15, 0.2) is 91.0 Å². The summed E-state index contributed by atoms with van der Waals surface area (Å²) in [6.45, 7) is 0.0600. The van der Waals surface area contributed by atoms with Gasteiger partial charge in [-0.25, -0.2) is 0 Å². The summed E-state index contributed by atoms with van der Waals surface area (Å²) in [7, 11) is 0. The maximum absolute atomic E-state index is 14.1. The van der Waals surface area contributed by atoms with Crippen LogP contribution in [0, 0.1) is 0 Å². The van der Waals surface area contributed by atoms with Gasteiger partial charge in [-0.3, -0.25) is 0 Å². The summed E-state index contributed by atoms with van der Waals surface area (Å²) in [5.41, 5.74) is 2.41. The van der Waals surface area contributed by atoms with E-state index in [0.29, 0.717) is 5.06 Å². The molecule has 35 heavy (non-hydrogen) atoms. The summed E-state index contributed by atoms with van der Waals surface area (Å²) in [4.78, 5) is 0. The second-order valence-electron chi connectivity index (χ2n) is 8.46. The third-order valence-corrected chi connectivity index (χ3v) is 5.95. The lowest BCUT2D eigenvalue weighted by molar-refractivity contribution is -0.267. The molecule has 1 aliphatic rings. The second kappa shape index (κ2) is 11.8. The minimum absolute atomic E-state index is 0.0469. The first-order valence-corrected chi connectivity index (χ1v) is 11.4. The third-order valence-electron chi connectivity index (χ3n) is 5.95. The van der Waals surface area contributed by atoms with Crippen LogP contribution in [0.2, 0.25) is 0 Å². The molecule has 1 N–H and O–H groups in total. The highest BCUT2D eigenvalue weighted by Gasteiger charge is 2.61. The minimum Gasteiger partial charge on any atom is -0.375 e. The van der Waals surface area contributed by atoms with Crippen molar-refractivity contribution < 1.29 is 32.6 Å². The highest BCUT2D eigenvalue weighted by Crippen LogP contribution is 2.39. The van der Waals surface area contributed by atoms with Crippen LogP contribution in [-0.4, -0.2) is 47.3 Å². The summed E-state index contributed by atoms with van der Waals surface area (Å²) in [5.74, 6) is 0. The topological polar surface area (TPSA) is 51.2 Å². The van der Waals surface area contributed by atoms with Crippen molar-refractivity contribution in [1.29, 1.82) is 0 Å². The molecule has 1 saturated heterocycles. The van der Waals surface area contributed by atoms with Gasteiger partial charge in [0.1, 0.15) is 12.2 Å². The maximum Gasteiger partial charge on any atom is 0.408 e. The Kier molecular flexibility index (Phi) is 8.54. The van der Waals surface area contributed by atoms with E-state index in [4.69, 9.17) is 14.2 Å². The number of benzene rings is 3. The molecule has 4 rings (SSSR count). The van der Waals surface area contributed by atoms with Crippen molar-refractivity contribution in [2.24, 2.45) is 0 Å². The summed E-state index contributed by atoms with van der Waals surface area (Å²) in [5, 5.41) is 11.0. The molecule has 0 amide bonds. The van der Waals surface area contributed by atoms with E-state index in [2.05, 4.69) is 0 Å². The molecule has 3 aromatic carbocycles. The van der Waals surface area contributed by atoms with Crippen molar-refractivity contribution >= 4 is 0 Å². The van der Waals surface area contributed by atoms with Crippen molar-refractivity contribution in [3.05, 3.63) is 108 Å². The zero-order chi connectivity index (χ0) is 24.7. The summed E-state index contributed by atoms with van der Waals surface area (Å²) in [6, 6.07) is 24.1. The van der Waals surface area contributed by atoms with E-state index in [9.17, 15) is 18.4 Å². The van der Waals surface area contributed by atoms with Gasteiger partial charge in [-0.15, -0.1) is 0 Å². The predicted octanol–water partition coefficient (Wildman–Crippen LogP) is 5.38. The largest absolute Gasteiger partial charge is 0.408 e. The van der Waals surface area contributed by atoms with Crippen molar-refractivity contribution in [3.63, 3.8) is 0 Å². The lowest BCUT2D eigenvalue weighted by atomic mass is 10.1. The first kappa shape index (κ1) is 25.3. The van der Waals surface area contributed by atoms with Crippen LogP contribution in [0.3, 0.4) is 0 Å². The van der Waals surface area contributed by atoms with Gasteiger partial charge in [-0.2, -0.15) is 18.2 Å². The van der Waals surface area contributed by atoms with E-state index in [-0.39, 0.29) is 26.4 Å². The van der Waals surface area contributed by atoms with Crippen LogP contribution in [0.1, 0.15) is 16.7 Å². The molecule has 8 heteroatoms. The summed E-state index contributed by atoms with van der Waals surface area (Å²) < 4.78 is 59.8. The number of hydrogen-bond acceptors (Lipinski definition) is 5. The first-order valence-electron chi connectivity index (χ1n) is 11.4. The number of hydroxylamine groups is 2. The summed E-state index contributed by atoms with van der Waals surface area (Å²) >= 11 is 0. The molecule has 3 aromatic rings. The number of nitrogens with zero attached hydrogens (tertiary/aromatic N) is 1. The summed E-state index contributed by atoms with van der Waals surface area (Å²) in [6.07, 6.45) is -7.26. The molecule has 0 spiro atoms. The normalized spacial score (nSPS) is 23.0. The average molecular weight is 488 g/mol. The third kappa shape index (κ3) is 6.68. The molecule has 0 bridgehead atoms. The molecule has 5 nitrogen and oxygen atoms in total. The Morgan fingerprint density at radius 1 is 0.657 bits per heavy atom. The highest BCUT2D eigenvalue weighted by molar-refractivity contribution is 5.16. The zero-order valence-electron chi connectivity index (χ0n) is 19.1. The predicted molar refractivity (Wildman–Crippen MR) is 123 cm³/mol. The molecule has 186 valence electrons. The molecule has 0 saturated carbocycles. The van der Waals surface area contributed by atoms with Gasteiger partial charge in [0.15, 0.2) is 6.04 Å². The molecular weight excluding hydrogens is 459 g/mol. The smallest absolute Gasteiger partial charge is 0.375 e. The van der Waals surface area contributed by atoms with Crippen LogP contribution < -0.4 is 0 Å². The van der Waals surface area contributed by atoms with E-state index in [0.717, 1.165) is 16.7 Å². The van der Waals surface area contributed by atoms with Gasteiger partial charge in [0.25, 0.3) is 0 Å². The van der Waals surface area contributed by atoms with Gasteiger partial charge in [-0.05, 0) is 16.7 Å². The molecule has 1 aliphatic heterocycles. The second-order valence-corrected chi connectivity index (χ2v) is 8.46. The molecule has 0 unspecified atom stereocenters. The van der Waals surface area contributed by atoms with E-state index in [1.807, 2.05) is 66.7 Å². The fraction of sp³-hybridized carbons (Fsp3) is 0.333. The van der Waals surface area contributed by atoms with Crippen LogP contribution in [0.4, 0.5) is 13.2 Å². The lowest BCUT2D eigenvalue weighted by Gasteiger charge is -2.27. The number of alkyl halides is 3. The number of rotatable bonds is 10. The van der Waals surface area contributed by atoms with Crippen LogP contribution in [-0.2, 0) is 34.0 Å². The van der Waals surface area contributed by atoms with Gasteiger partial charge in [0.05, 0.1) is 32.5 Å². The minimum atomic E-state index is -4.74. The fourth-order valence-electron chi connectivity index (χ4n) is 4.21. The monoisotopic (exact) mass is 487 g/mol. The Morgan fingerprint density at radius 2 is 1.09 bits per heavy atom. The Bertz CT molecular complexity index is 1020. The quantitative estimate of drug-likeness (QED) is 0.416. The van der Waals surface area contributed by atoms with Crippen LogP contribution in [0.5, 0.6) is 0 Å². The SMILES string of the molecule is ON1[C@@H](COCc2ccccc2)[C@H](OCc2ccccc2)[C@@H](OCc2ccccc2)[C@@H]1C(F)(F)F. The zero-order valence-corrected chi connectivity index (χ0v) is 19.1. The molecule has 1 heterocycles. The van der Waals surface area contributed by atoms with E-state index >= 15 is 0 Å². The van der Waals surface area contributed by atoms with Gasteiger partial charge in [0.2, 0.25) is 0 Å². The molecule has 0 aliphatic carbocycles. The van der Waals surface area contributed by atoms with Crippen LogP contribution >= 0.6 is 0 Å². The fourth-order valence-corrected chi connectivity index (χ4v) is 4.21. The van der Waals surface area contributed by atoms with Gasteiger partial charge in [0, 0.05) is 0 Å². The molecular formula is C27H28F3NO4. The maximum atomic E-state index is 14.1. The Morgan fingerprint density at radius 3 is 1.54 bits per heavy atom. The highest BCUT2D eigenvalue weighted by atomic mass is 19.4. The van der Waals surface area contributed by atoms with Crippen molar-refractivity contribution in [2.75, 3.05) is 6.61 Å². The average Bonchev–Trinajstić information content (AvgIpc) is 3.14. The molecule has 4 atom stereocenters. The van der Waals surface area contributed by atoms with Gasteiger partial charge < -0.3 is 19.4 Å². The molecule has 0 aromatic heterocycles. The Hall–Kier alpha value is -2.75. The van der Waals surface area contributed by atoms with Crippen molar-refractivity contribution in [3.8, 4) is 0 Å². The lowest BCUT2D eigenvalue weighted by Crippen LogP contribution is -2.48. The number of ether oxygens (including phenoxy) is 3. The Labute approximate surface area is 202 Å². The van der Waals surface area contributed by atoms with Gasteiger partial charge >= 0.3 is 6.18 Å². The van der Waals surface area contributed by atoms with E-state index < -0.39 is 30.5 Å². The first-order chi connectivity index (χ1) is 16.9. The Balaban J connectivity index is 1.54. The molecule has 0 radical (unpaired) electrons. The molecule has 1 fully saturated rings.